The van der Waals surface area contributed by atoms with E-state index in [9.17, 15) is 20.4 Å². The molecule has 3 rings (SSSR count). The van der Waals surface area contributed by atoms with Crippen molar-refractivity contribution in [2.45, 2.75) is 56.5 Å². The molecule has 1 heterocycles. The second-order valence-corrected chi connectivity index (χ2v) is 12.8. The fourth-order valence-electron chi connectivity index (χ4n) is 4.04. The Morgan fingerprint density at radius 3 is 1.72 bits per heavy atom. The Hall–Kier alpha value is -1.58. The van der Waals surface area contributed by atoms with Crippen LogP contribution in [0.5, 0.6) is 0 Å². The maximum absolute atomic E-state index is 10.4. The second-order valence-electron chi connectivity index (χ2n) is 8.51. The average Bonchev–Trinajstić information content (AvgIpc) is 2.71. The van der Waals surface area contributed by atoms with E-state index in [0.717, 1.165) is 10.4 Å². The molecule has 0 spiro atoms. The largest absolute Gasteiger partial charge is 0.405 e. The molecule has 1 saturated heterocycles. The Morgan fingerprint density at radius 1 is 0.793 bits per heavy atom. The van der Waals surface area contributed by atoms with Gasteiger partial charge in [0.15, 0.2) is 6.29 Å². The molecular weight excluding hydrogens is 388 g/mol. The van der Waals surface area contributed by atoms with E-state index in [-0.39, 0.29) is 11.6 Å². The fourth-order valence-corrected chi connectivity index (χ4v) is 8.61. The molecular formula is C22H30O6Si. The van der Waals surface area contributed by atoms with E-state index in [2.05, 4.69) is 45.0 Å². The first-order valence-electron chi connectivity index (χ1n) is 9.81. The number of benzene rings is 2. The van der Waals surface area contributed by atoms with Crippen LogP contribution in [0.15, 0.2) is 60.7 Å². The summed E-state index contributed by atoms with van der Waals surface area (Å²) in [6.45, 7) is 6.36. The Balaban J connectivity index is 2.00. The molecule has 29 heavy (non-hydrogen) atoms. The van der Waals surface area contributed by atoms with Gasteiger partial charge in [0.25, 0.3) is 8.32 Å². The van der Waals surface area contributed by atoms with Gasteiger partial charge in [-0.25, -0.2) is 0 Å². The van der Waals surface area contributed by atoms with Gasteiger partial charge in [-0.1, -0.05) is 81.4 Å². The van der Waals surface area contributed by atoms with Crippen LogP contribution in [0.1, 0.15) is 20.8 Å². The highest BCUT2D eigenvalue weighted by molar-refractivity contribution is 6.99. The Bertz CT molecular complexity index is 739. The highest BCUT2D eigenvalue weighted by Crippen LogP contribution is 2.37. The molecule has 0 amide bonds. The van der Waals surface area contributed by atoms with Crippen LogP contribution in [0.2, 0.25) is 5.04 Å². The van der Waals surface area contributed by atoms with Gasteiger partial charge in [-0.2, -0.15) is 0 Å². The molecule has 2 aromatic carbocycles. The molecule has 2 aromatic rings. The minimum absolute atomic E-state index is 0.0325. The molecule has 0 aliphatic carbocycles. The maximum atomic E-state index is 10.4. The zero-order valence-corrected chi connectivity index (χ0v) is 18.0. The van der Waals surface area contributed by atoms with E-state index < -0.39 is 39.0 Å². The van der Waals surface area contributed by atoms with Crippen molar-refractivity contribution in [2.24, 2.45) is 0 Å². The second kappa shape index (κ2) is 8.65. The van der Waals surface area contributed by atoms with Gasteiger partial charge in [0.2, 0.25) is 0 Å². The molecule has 6 nitrogen and oxygen atoms in total. The molecule has 4 N–H and O–H groups in total. The molecule has 0 bridgehead atoms. The summed E-state index contributed by atoms with van der Waals surface area (Å²) < 4.78 is 12.0. The van der Waals surface area contributed by atoms with Gasteiger partial charge < -0.3 is 29.6 Å². The summed E-state index contributed by atoms with van der Waals surface area (Å²) in [6.07, 6.45) is -6.99. The van der Waals surface area contributed by atoms with E-state index in [0.29, 0.717) is 0 Å². The van der Waals surface area contributed by atoms with E-state index >= 15 is 0 Å². The maximum Gasteiger partial charge on any atom is 0.261 e. The highest BCUT2D eigenvalue weighted by Gasteiger charge is 2.52. The molecule has 1 fully saturated rings. The number of hydrogen-bond acceptors (Lipinski definition) is 6. The number of rotatable bonds is 5. The lowest BCUT2D eigenvalue weighted by atomic mass is 10.00. The monoisotopic (exact) mass is 418 g/mol. The van der Waals surface area contributed by atoms with E-state index in [4.69, 9.17) is 9.16 Å². The van der Waals surface area contributed by atoms with Gasteiger partial charge in [-0.3, -0.25) is 0 Å². The molecule has 0 saturated carbocycles. The fraction of sp³-hybridized carbons (Fsp3) is 0.455. The molecule has 5 atom stereocenters. The van der Waals surface area contributed by atoms with Crippen molar-refractivity contribution in [1.82, 2.24) is 0 Å². The molecule has 0 unspecified atom stereocenters. The predicted octanol–water partition coefficient (Wildman–Crippen LogP) is 0.363. The third-order valence-electron chi connectivity index (χ3n) is 5.57. The number of ether oxygens (including phenoxy) is 1. The third kappa shape index (κ3) is 4.18. The van der Waals surface area contributed by atoms with Gasteiger partial charge in [-0.05, 0) is 15.4 Å². The summed E-state index contributed by atoms with van der Waals surface area (Å²) in [5.41, 5.74) is 0. The van der Waals surface area contributed by atoms with Gasteiger partial charge in [-0.15, -0.1) is 0 Å². The number of aliphatic hydroxyl groups excluding tert-OH is 4. The topological polar surface area (TPSA) is 99.4 Å². The molecule has 0 aromatic heterocycles. The van der Waals surface area contributed by atoms with Crippen molar-refractivity contribution in [2.75, 3.05) is 6.61 Å². The van der Waals surface area contributed by atoms with Crippen LogP contribution >= 0.6 is 0 Å². The van der Waals surface area contributed by atoms with Crippen molar-refractivity contribution < 1.29 is 29.6 Å². The quantitative estimate of drug-likeness (QED) is 0.524. The van der Waals surface area contributed by atoms with Gasteiger partial charge in [0.1, 0.15) is 24.4 Å². The smallest absolute Gasteiger partial charge is 0.261 e. The average molecular weight is 419 g/mol. The van der Waals surface area contributed by atoms with Crippen LogP contribution in [0.25, 0.3) is 0 Å². The molecule has 0 radical (unpaired) electrons. The Kier molecular flexibility index (Phi) is 6.60. The molecule has 1 aliphatic rings. The van der Waals surface area contributed by atoms with Crippen molar-refractivity contribution in [3.63, 3.8) is 0 Å². The van der Waals surface area contributed by atoms with Crippen LogP contribution < -0.4 is 10.4 Å². The van der Waals surface area contributed by atoms with Crippen LogP contribution in [0.4, 0.5) is 0 Å². The van der Waals surface area contributed by atoms with Crippen LogP contribution in [-0.4, -0.2) is 66.1 Å². The lowest BCUT2D eigenvalue weighted by molar-refractivity contribution is -0.285. The summed E-state index contributed by atoms with van der Waals surface area (Å²) in [7, 11) is -2.84. The van der Waals surface area contributed by atoms with E-state index in [1.807, 2.05) is 36.4 Å². The summed E-state index contributed by atoms with van der Waals surface area (Å²) in [5, 5.41) is 41.9. The standard InChI is InChI=1S/C22H30O6Si/c1-22(2,3)29(15-10-6-4-7-11-15,16-12-8-5-9-13-16)27-14-17-18(23)19(24)20(25)21(26)28-17/h4-13,17-21,23-26H,14H2,1-3H3/t17-,18+,19+,20-,21-/m1/s1. The van der Waals surface area contributed by atoms with Gasteiger partial charge in [0.05, 0.1) is 6.61 Å². The number of aliphatic hydroxyl groups is 4. The van der Waals surface area contributed by atoms with Crippen molar-refractivity contribution >= 4 is 18.7 Å². The molecule has 7 heteroatoms. The summed E-state index contributed by atoms with van der Waals surface area (Å²) >= 11 is 0. The summed E-state index contributed by atoms with van der Waals surface area (Å²) in [4.78, 5) is 0. The van der Waals surface area contributed by atoms with Gasteiger partial charge in [0, 0.05) is 0 Å². The van der Waals surface area contributed by atoms with Gasteiger partial charge >= 0.3 is 0 Å². The lowest BCUT2D eigenvalue weighted by Crippen LogP contribution is -2.68. The first kappa shape index (κ1) is 22.1. The lowest BCUT2D eigenvalue weighted by Gasteiger charge is -2.45. The normalized spacial score (nSPS) is 28.3. The number of hydrogen-bond donors (Lipinski definition) is 4. The van der Waals surface area contributed by atoms with Crippen LogP contribution in [-0.2, 0) is 9.16 Å². The minimum atomic E-state index is -2.84. The van der Waals surface area contributed by atoms with Crippen molar-refractivity contribution in [1.29, 1.82) is 0 Å². The molecule has 1 aliphatic heterocycles. The Labute approximate surface area is 172 Å². The summed E-state index contributed by atoms with van der Waals surface area (Å²) in [6, 6.07) is 20.0. The Morgan fingerprint density at radius 2 is 1.28 bits per heavy atom. The molecule has 158 valence electrons. The first-order valence-corrected chi connectivity index (χ1v) is 11.7. The predicted molar refractivity (Wildman–Crippen MR) is 112 cm³/mol. The highest BCUT2D eigenvalue weighted by atomic mass is 28.4. The van der Waals surface area contributed by atoms with Crippen LogP contribution in [0.3, 0.4) is 0 Å². The summed E-state index contributed by atoms with van der Waals surface area (Å²) in [5.74, 6) is 0. The van der Waals surface area contributed by atoms with Crippen molar-refractivity contribution in [3.05, 3.63) is 60.7 Å². The zero-order valence-electron chi connectivity index (χ0n) is 17.0. The minimum Gasteiger partial charge on any atom is -0.405 e. The van der Waals surface area contributed by atoms with E-state index in [1.165, 1.54) is 0 Å². The zero-order chi connectivity index (χ0) is 21.2. The SMILES string of the molecule is CC(C)(C)[Si](OC[C@H]1O[C@@H](O)[C@H](O)[C@@H](O)[C@H]1O)(c1ccccc1)c1ccccc1. The first-order chi connectivity index (χ1) is 13.7. The third-order valence-corrected chi connectivity index (χ3v) is 10.6. The van der Waals surface area contributed by atoms with E-state index in [1.54, 1.807) is 0 Å². The van der Waals surface area contributed by atoms with Crippen LogP contribution in [0, 0.1) is 0 Å². The van der Waals surface area contributed by atoms with Crippen molar-refractivity contribution in [3.8, 4) is 0 Å².